The van der Waals surface area contributed by atoms with Gasteiger partial charge in [-0.15, -0.1) is 0 Å². The number of para-hydroxylation sites is 1. The molecule has 3 aromatic carbocycles. The summed E-state index contributed by atoms with van der Waals surface area (Å²) in [5.74, 6) is -0.977. The third kappa shape index (κ3) is 7.05. The first-order valence-corrected chi connectivity index (χ1v) is 15.8. The zero-order valence-corrected chi connectivity index (χ0v) is 26.0. The predicted molar refractivity (Wildman–Crippen MR) is 174 cm³/mol. The minimum absolute atomic E-state index is 0.171. The Morgan fingerprint density at radius 2 is 1.98 bits per heavy atom. The van der Waals surface area contributed by atoms with Crippen LogP contribution in [0.3, 0.4) is 0 Å². The Kier molecular flexibility index (Phi) is 10.2. The minimum atomic E-state index is -1.49. The molecule has 9 heteroatoms. The topological polar surface area (TPSA) is 121 Å². The number of amides is 2. The number of hydrogen-bond acceptors (Lipinski definition) is 5. The number of carbonyl (C=O) groups excluding carboxylic acids is 2. The second-order valence-corrected chi connectivity index (χ2v) is 12.0. The molecule has 45 heavy (non-hydrogen) atoms. The van der Waals surface area contributed by atoms with Gasteiger partial charge in [-0.25, -0.2) is 9.18 Å². The maximum Gasteiger partial charge on any atom is 0.406 e. The largest absolute Gasteiger partial charge is 0.453 e. The third-order valence-electron chi connectivity index (χ3n) is 9.13. The van der Waals surface area contributed by atoms with Crippen molar-refractivity contribution in [3.8, 4) is 11.1 Å². The van der Waals surface area contributed by atoms with Crippen LogP contribution in [0.1, 0.15) is 49.3 Å². The van der Waals surface area contributed by atoms with Crippen LogP contribution in [0.2, 0.25) is 0 Å². The fraction of sp³-hybridized carbons (Fsp3) is 0.389. The molecular formula is C36H43FN4O4. The lowest BCUT2D eigenvalue weighted by Gasteiger charge is -2.44. The monoisotopic (exact) mass is 614 g/mol. The number of likely N-dealkylation sites (tertiary alicyclic amines) is 1. The van der Waals surface area contributed by atoms with E-state index in [1.54, 1.807) is 17.0 Å². The van der Waals surface area contributed by atoms with Gasteiger partial charge in [0, 0.05) is 48.2 Å². The van der Waals surface area contributed by atoms with Gasteiger partial charge < -0.3 is 30.8 Å². The second-order valence-electron chi connectivity index (χ2n) is 12.0. The van der Waals surface area contributed by atoms with E-state index in [-0.39, 0.29) is 31.3 Å². The third-order valence-corrected chi connectivity index (χ3v) is 9.13. The standard InChI is InChI=1S/C36H43FN4O4/c1-3-24-10-6-11-25(20-24)33-29(14-7-15-30(33)37)36(44,17-9-18-39-35(43)45-2)27-12-8-19-41(23-27)34(42)31(38)21-26-22-40-32-16-5-4-13-28(26)32/h4-7,10-11,13-16,20,22,27,31,40,44H,3,8-9,12,17-19,21,23,38H2,1-2H3,(H,39,43)/t27?,31-,36?/m1/s1. The van der Waals surface area contributed by atoms with Crippen molar-refractivity contribution in [1.29, 1.82) is 0 Å². The summed E-state index contributed by atoms with van der Waals surface area (Å²) >= 11 is 0. The zero-order chi connectivity index (χ0) is 32.0. The van der Waals surface area contributed by atoms with Crippen LogP contribution in [0, 0.1) is 11.7 Å². The van der Waals surface area contributed by atoms with Crippen molar-refractivity contribution < 1.29 is 23.8 Å². The van der Waals surface area contributed by atoms with E-state index in [4.69, 9.17) is 10.5 Å². The number of nitrogens with two attached hydrogens (primary N) is 1. The second kappa shape index (κ2) is 14.3. The van der Waals surface area contributed by atoms with E-state index >= 15 is 4.39 Å². The molecule has 4 aromatic rings. The van der Waals surface area contributed by atoms with E-state index in [9.17, 15) is 14.7 Å². The number of aliphatic hydroxyl groups is 1. The van der Waals surface area contributed by atoms with Crippen LogP contribution in [0.5, 0.6) is 0 Å². The maximum absolute atomic E-state index is 15.7. The Balaban J connectivity index is 1.44. The molecule has 1 aliphatic rings. The van der Waals surface area contributed by atoms with Crippen LogP contribution in [-0.2, 0) is 28.0 Å². The van der Waals surface area contributed by atoms with Gasteiger partial charge in [-0.2, -0.15) is 0 Å². The Morgan fingerprint density at radius 1 is 1.18 bits per heavy atom. The molecular weight excluding hydrogens is 571 g/mol. The Bertz CT molecular complexity index is 1640. The van der Waals surface area contributed by atoms with Gasteiger partial charge >= 0.3 is 6.09 Å². The summed E-state index contributed by atoms with van der Waals surface area (Å²) in [6, 6.07) is 19.7. The molecule has 0 radical (unpaired) electrons. The molecule has 1 saturated heterocycles. The summed E-state index contributed by atoms with van der Waals surface area (Å²) < 4.78 is 20.4. The number of rotatable bonds is 11. The van der Waals surface area contributed by atoms with Gasteiger partial charge in [0.2, 0.25) is 5.91 Å². The zero-order valence-electron chi connectivity index (χ0n) is 26.0. The normalized spacial score (nSPS) is 17.1. The molecule has 1 aliphatic heterocycles. The van der Waals surface area contributed by atoms with Crippen LogP contribution in [0.4, 0.5) is 9.18 Å². The number of aromatic amines is 1. The molecule has 2 unspecified atom stereocenters. The van der Waals surface area contributed by atoms with E-state index in [0.29, 0.717) is 48.9 Å². The fourth-order valence-electron chi connectivity index (χ4n) is 6.73. The van der Waals surface area contributed by atoms with Crippen LogP contribution in [-0.4, -0.2) is 59.8 Å². The number of fused-ring (bicyclic) bond motifs is 1. The summed E-state index contributed by atoms with van der Waals surface area (Å²) in [6.07, 6.45) is 4.50. The highest BCUT2D eigenvalue weighted by Crippen LogP contribution is 2.44. The minimum Gasteiger partial charge on any atom is -0.453 e. The van der Waals surface area contributed by atoms with E-state index < -0.39 is 23.6 Å². The molecule has 3 atom stereocenters. The fourth-order valence-corrected chi connectivity index (χ4v) is 6.73. The summed E-state index contributed by atoms with van der Waals surface area (Å²) in [6.45, 7) is 3.14. The number of nitrogens with one attached hydrogen (secondary N) is 2. The molecule has 1 fully saturated rings. The molecule has 1 aromatic heterocycles. The number of hydrogen-bond donors (Lipinski definition) is 4. The molecule has 0 aliphatic carbocycles. The number of nitrogens with zero attached hydrogens (tertiary/aromatic N) is 1. The van der Waals surface area contributed by atoms with Gasteiger partial charge in [-0.05, 0) is 72.9 Å². The highest BCUT2D eigenvalue weighted by Gasteiger charge is 2.43. The van der Waals surface area contributed by atoms with Crippen LogP contribution >= 0.6 is 0 Å². The number of carbonyl (C=O) groups is 2. The lowest BCUT2D eigenvalue weighted by molar-refractivity contribution is -0.138. The van der Waals surface area contributed by atoms with E-state index in [0.717, 1.165) is 28.5 Å². The van der Waals surface area contributed by atoms with Crippen molar-refractivity contribution in [2.45, 2.75) is 57.1 Å². The van der Waals surface area contributed by atoms with Crippen LogP contribution in [0.25, 0.3) is 22.0 Å². The first kappa shape index (κ1) is 32.2. The van der Waals surface area contributed by atoms with Crippen molar-refractivity contribution in [1.82, 2.24) is 15.2 Å². The molecule has 0 saturated carbocycles. The van der Waals surface area contributed by atoms with Gasteiger partial charge in [-0.3, -0.25) is 4.79 Å². The van der Waals surface area contributed by atoms with Gasteiger partial charge in [0.05, 0.1) is 18.8 Å². The van der Waals surface area contributed by atoms with Gasteiger partial charge in [0.1, 0.15) is 5.82 Å². The quantitative estimate of drug-likeness (QED) is 0.162. The predicted octanol–water partition coefficient (Wildman–Crippen LogP) is 5.67. The molecule has 238 valence electrons. The average Bonchev–Trinajstić information content (AvgIpc) is 3.48. The number of alkyl carbamates (subject to hydrolysis) is 1. The van der Waals surface area contributed by atoms with E-state index in [1.165, 1.54) is 13.2 Å². The maximum atomic E-state index is 15.7. The number of benzene rings is 3. The Hall–Kier alpha value is -4.21. The summed E-state index contributed by atoms with van der Waals surface area (Å²) in [5, 5.41) is 16.4. The summed E-state index contributed by atoms with van der Waals surface area (Å²) in [7, 11) is 1.30. The van der Waals surface area contributed by atoms with Crippen LogP contribution in [0.15, 0.2) is 72.9 Å². The number of methoxy groups -OCH3 is 1. The molecule has 5 N–H and O–H groups in total. The number of aryl methyl sites for hydroxylation is 1. The van der Waals surface area contributed by atoms with E-state index in [1.807, 2.05) is 61.7 Å². The number of ether oxygens (including phenoxy) is 1. The number of halogens is 1. The highest BCUT2D eigenvalue weighted by molar-refractivity contribution is 5.86. The summed E-state index contributed by atoms with van der Waals surface area (Å²) in [5.41, 5.74) is 9.59. The molecule has 0 bridgehead atoms. The molecule has 8 nitrogen and oxygen atoms in total. The van der Waals surface area contributed by atoms with Gasteiger partial charge in [0.25, 0.3) is 0 Å². The Labute approximate surface area is 263 Å². The Morgan fingerprint density at radius 3 is 2.78 bits per heavy atom. The number of H-pyrrole nitrogens is 1. The van der Waals surface area contributed by atoms with Crippen molar-refractivity contribution in [3.05, 3.63) is 95.4 Å². The summed E-state index contributed by atoms with van der Waals surface area (Å²) in [4.78, 5) is 30.5. The highest BCUT2D eigenvalue weighted by atomic mass is 19.1. The van der Waals surface area contributed by atoms with Crippen LogP contribution < -0.4 is 11.1 Å². The lowest BCUT2D eigenvalue weighted by atomic mass is 9.72. The lowest BCUT2D eigenvalue weighted by Crippen LogP contribution is -2.52. The van der Waals surface area contributed by atoms with Crippen molar-refractivity contribution in [2.75, 3.05) is 26.7 Å². The molecule has 5 rings (SSSR count). The molecule has 0 spiro atoms. The average molecular weight is 615 g/mol. The molecule has 2 amide bonds. The van der Waals surface area contributed by atoms with Crippen molar-refractivity contribution >= 4 is 22.9 Å². The first-order valence-electron chi connectivity index (χ1n) is 15.8. The SMILES string of the molecule is CCc1cccc(-c2c(F)cccc2C(O)(CCCNC(=O)OC)C2CCCN(C(=O)[C@H](N)Cc3c[nH]c4ccccc34)C2)c1. The first-order chi connectivity index (χ1) is 21.7. The van der Waals surface area contributed by atoms with Gasteiger partial charge in [0.15, 0.2) is 0 Å². The van der Waals surface area contributed by atoms with Crippen molar-refractivity contribution in [3.63, 3.8) is 0 Å². The van der Waals surface area contributed by atoms with Gasteiger partial charge in [-0.1, -0.05) is 61.5 Å². The smallest absolute Gasteiger partial charge is 0.406 e. The number of aromatic nitrogens is 1. The van der Waals surface area contributed by atoms with E-state index in [2.05, 4.69) is 10.3 Å². The molecule has 2 heterocycles. The number of piperidine rings is 1. The van der Waals surface area contributed by atoms with Crippen molar-refractivity contribution in [2.24, 2.45) is 11.7 Å².